The van der Waals surface area contributed by atoms with Gasteiger partial charge in [-0.2, -0.15) is 0 Å². The second-order valence-electron chi connectivity index (χ2n) is 9.28. The summed E-state index contributed by atoms with van der Waals surface area (Å²) in [6, 6.07) is 5.14. The third-order valence-electron chi connectivity index (χ3n) is 5.57. The zero-order valence-electron chi connectivity index (χ0n) is 19.2. The van der Waals surface area contributed by atoms with Crippen molar-refractivity contribution >= 4 is 7.60 Å². The molecule has 0 heterocycles. The molecule has 4 nitrogen and oxygen atoms in total. The second-order valence-corrected chi connectivity index (χ2v) is 11.4. The predicted molar refractivity (Wildman–Crippen MR) is 123 cm³/mol. The predicted octanol–water partition coefficient (Wildman–Crippen LogP) is 7.87. The largest absolute Gasteiger partial charge is 0.508 e. The lowest BCUT2D eigenvalue weighted by molar-refractivity contribution is 0.246. The van der Waals surface area contributed by atoms with Crippen molar-refractivity contribution in [2.45, 2.75) is 110 Å². The van der Waals surface area contributed by atoms with Crippen molar-refractivity contribution in [3.63, 3.8) is 0 Å². The van der Waals surface area contributed by atoms with Gasteiger partial charge in [-0.05, 0) is 36.0 Å². The summed E-state index contributed by atoms with van der Waals surface area (Å²) >= 11 is 0. The number of benzene rings is 1. The summed E-state index contributed by atoms with van der Waals surface area (Å²) in [5.74, 6) is 0.215. The van der Waals surface area contributed by atoms with Crippen molar-refractivity contribution in [2.24, 2.45) is 0 Å². The lowest BCUT2D eigenvalue weighted by atomic mass is 9.85. The van der Waals surface area contributed by atoms with Crippen LogP contribution in [-0.4, -0.2) is 16.6 Å². The topological polar surface area (TPSA) is 66.8 Å². The van der Waals surface area contributed by atoms with Gasteiger partial charge >= 0.3 is 7.60 Å². The third-order valence-corrected chi connectivity index (χ3v) is 7.40. The first-order chi connectivity index (χ1) is 13.6. The highest BCUT2D eigenvalue weighted by Crippen LogP contribution is 2.56. The molecule has 5 heteroatoms. The Morgan fingerprint density at radius 3 is 2.00 bits per heavy atom. The number of phenolic OH excluding ortho intramolecular Hbond substituents is 1. The first-order valence-electron chi connectivity index (χ1n) is 11.4. The van der Waals surface area contributed by atoms with Crippen LogP contribution in [0.1, 0.15) is 116 Å². The van der Waals surface area contributed by atoms with Gasteiger partial charge in [-0.3, -0.25) is 4.57 Å². The van der Waals surface area contributed by atoms with Gasteiger partial charge in [0.25, 0.3) is 0 Å². The Balaban J connectivity index is 2.37. The Kier molecular flexibility index (Phi) is 11.5. The standard InChI is InChI=1S/C24H43O4P/c1-6-7-8-9-10-11-12-13-14-15-18-28-29(26,27)20(2)21-16-17-23(25)22(19-21)24(3,4)5/h16-17,19-20,25H,6-15,18H2,1-5H3,(H,26,27). The van der Waals surface area contributed by atoms with Gasteiger partial charge in [0, 0.05) is 0 Å². The SMILES string of the molecule is CCCCCCCCCCCCOP(=O)(O)C(C)c1ccc(O)c(C(C)(C)C)c1. The highest BCUT2D eigenvalue weighted by Gasteiger charge is 2.31. The van der Waals surface area contributed by atoms with Gasteiger partial charge in [0.05, 0.1) is 12.3 Å². The van der Waals surface area contributed by atoms with Gasteiger partial charge < -0.3 is 14.5 Å². The molecular formula is C24H43O4P. The Hall–Kier alpha value is -0.830. The van der Waals surface area contributed by atoms with Crippen molar-refractivity contribution < 1.29 is 19.1 Å². The van der Waals surface area contributed by atoms with Crippen molar-refractivity contribution in [3.8, 4) is 5.75 Å². The third kappa shape index (κ3) is 9.68. The molecule has 0 fully saturated rings. The number of unbranched alkanes of at least 4 members (excludes halogenated alkanes) is 9. The molecule has 1 aromatic rings. The fraction of sp³-hybridized carbons (Fsp3) is 0.750. The maximum atomic E-state index is 12.7. The zero-order valence-corrected chi connectivity index (χ0v) is 20.1. The highest BCUT2D eigenvalue weighted by molar-refractivity contribution is 7.53. The molecule has 0 aliphatic rings. The van der Waals surface area contributed by atoms with E-state index < -0.39 is 13.3 Å². The van der Waals surface area contributed by atoms with E-state index >= 15 is 0 Å². The molecule has 0 saturated heterocycles. The minimum atomic E-state index is -3.75. The van der Waals surface area contributed by atoms with E-state index in [0.717, 1.165) is 30.4 Å². The fourth-order valence-electron chi connectivity index (χ4n) is 3.50. The van der Waals surface area contributed by atoms with Crippen LogP contribution < -0.4 is 0 Å². The van der Waals surface area contributed by atoms with E-state index in [1.807, 2.05) is 26.8 Å². The van der Waals surface area contributed by atoms with Crippen molar-refractivity contribution in [1.82, 2.24) is 0 Å². The molecule has 1 rings (SSSR count). The number of hydrogen-bond acceptors (Lipinski definition) is 3. The van der Waals surface area contributed by atoms with Crippen LogP contribution in [0.25, 0.3) is 0 Å². The maximum Gasteiger partial charge on any atom is 0.335 e. The van der Waals surface area contributed by atoms with Crippen molar-refractivity contribution in [2.75, 3.05) is 6.61 Å². The molecule has 0 aliphatic carbocycles. The number of phenols is 1. The minimum Gasteiger partial charge on any atom is -0.508 e. The summed E-state index contributed by atoms with van der Waals surface area (Å²) in [5, 5.41) is 10.1. The Morgan fingerprint density at radius 1 is 0.966 bits per heavy atom. The molecule has 2 N–H and O–H groups in total. The number of rotatable bonds is 14. The van der Waals surface area contributed by atoms with Crippen molar-refractivity contribution in [1.29, 1.82) is 0 Å². The van der Waals surface area contributed by atoms with Crippen LogP contribution in [0, 0.1) is 0 Å². The molecule has 29 heavy (non-hydrogen) atoms. The summed E-state index contributed by atoms with van der Waals surface area (Å²) in [6.45, 7) is 10.3. The van der Waals surface area contributed by atoms with Crippen LogP contribution >= 0.6 is 7.60 Å². The van der Waals surface area contributed by atoms with Crippen LogP contribution in [0.3, 0.4) is 0 Å². The average molecular weight is 427 g/mol. The summed E-state index contributed by atoms with van der Waals surface area (Å²) in [6.07, 6.45) is 12.2. The summed E-state index contributed by atoms with van der Waals surface area (Å²) in [4.78, 5) is 10.4. The average Bonchev–Trinajstić information content (AvgIpc) is 2.65. The van der Waals surface area contributed by atoms with E-state index in [1.54, 1.807) is 19.1 Å². The van der Waals surface area contributed by atoms with E-state index in [-0.39, 0.29) is 11.2 Å². The second kappa shape index (κ2) is 12.8. The molecule has 0 amide bonds. The van der Waals surface area contributed by atoms with Gasteiger partial charge in [0.15, 0.2) is 0 Å². The van der Waals surface area contributed by atoms with Gasteiger partial charge in [-0.15, -0.1) is 0 Å². The summed E-state index contributed by atoms with van der Waals surface area (Å²) in [7, 11) is -3.75. The first kappa shape index (κ1) is 26.2. The van der Waals surface area contributed by atoms with Gasteiger partial charge in [0.2, 0.25) is 0 Å². The van der Waals surface area contributed by atoms with Crippen LogP contribution in [0.2, 0.25) is 0 Å². The highest BCUT2D eigenvalue weighted by atomic mass is 31.2. The van der Waals surface area contributed by atoms with Crippen LogP contribution in [0.4, 0.5) is 0 Å². The van der Waals surface area contributed by atoms with Crippen LogP contribution in [0.15, 0.2) is 18.2 Å². The summed E-state index contributed by atoms with van der Waals surface area (Å²) in [5.41, 5.74) is 0.640. The van der Waals surface area contributed by atoms with Crippen LogP contribution in [0.5, 0.6) is 5.75 Å². The van der Waals surface area contributed by atoms with Crippen molar-refractivity contribution in [3.05, 3.63) is 29.3 Å². The van der Waals surface area contributed by atoms with E-state index in [1.165, 1.54) is 44.9 Å². The lowest BCUT2D eigenvalue weighted by Crippen LogP contribution is -2.12. The van der Waals surface area contributed by atoms with E-state index in [0.29, 0.717) is 6.61 Å². The number of hydrogen-bond donors (Lipinski definition) is 2. The monoisotopic (exact) mass is 426 g/mol. The maximum absolute atomic E-state index is 12.7. The molecule has 2 unspecified atom stereocenters. The minimum absolute atomic E-state index is 0.215. The van der Waals surface area contributed by atoms with E-state index in [2.05, 4.69) is 6.92 Å². The zero-order chi connectivity index (χ0) is 21.9. The van der Waals surface area contributed by atoms with E-state index in [9.17, 15) is 14.6 Å². The molecule has 0 aliphatic heterocycles. The van der Waals surface area contributed by atoms with Gasteiger partial charge in [0.1, 0.15) is 5.75 Å². The van der Waals surface area contributed by atoms with Gasteiger partial charge in [-0.25, -0.2) is 0 Å². The Morgan fingerprint density at radius 2 is 1.48 bits per heavy atom. The van der Waals surface area contributed by atoms with Crippen LogP contribution in [-0.2, 0) is 14.5 Å². The molecule has 1 aromatic carbocycles. The molecule has 0 aromatic heterocycles. The Labute approximate surface area is 178 Å². The quantitative estimate of drug-likeness (QED) is 0.234. The lowest BCUT2D eigenvalue weighted by Gasteiger charge is -2.24. The van der Waals surface area contributed by atoms with E-state index in [4.69, 9.17) is 4.52 Å². The normalized spacial score (nSPS) is 15.2. The molecular weight excluding hydrogens is 383 g/mol. The molecule has 0 radical (unpaired) electrons. The molecule has 2 atom stereocenters. The Bertz CT molecular complexity index is 636. The summed E-state index contributed by atoms with van der Waals surface area (Å²) < 4.78 is 18.1. The molecule has 0 spiro atoms. The van der Waals surface area contributed by atoms with Gasteiger partial charge in [-0.1, -0.05) is 97.6 Å². The molecule has 168 valence electrons. The number of aromatic hydroxyl groups is 1. The fourth-order valence-corrected chi connectivity index (χ4v) is 4.65. The first-order valence-corrected chi connectivity index (χ1v) is 13.0. The molecule has 0 bridgehead atoms. The smallest absolute Gasteiger partial charge is 0.335 e. The molecule has 0 saturated carbocycles.